The van der Waals surface area contributed by atoms with E-state index >= 15 is 0 Å². The Morgan fingerprint density at radius 1 is 1.09 bits per heavy atom. The lowest BCUT2D eigenvalue weighted by Gasteiger charge is -2.39. The largest absolute Gasteiger partial charge is 0.401 e. The molecule has 0 aliphatic rings. The highest BCUT2D eigenvalue weighted by molar-refractivity contribution is 6.73. The fourth-order valence-electron chi connectivity index (χ4n) is 3.05. The van der Waals surface area contributed by atoms with Crippen LogP contribution in [0, 0.1) is 0 Å². The fraction of sp³-hybridized carbons (Fsp3) is 0.550. The minimum Gasteiger partial charge on any atom is -0.401 e. The third-order valence-electron chi connectivity index (χ3n) is 4.85. The zero-order valence-electron chi connectivity index (χ0n) is 15.4. The molecular formula is C20H32O2Si. The van der Waals surface area contributed by atoms with Crippen molar-refractivity contribution in [3.8, 4) is 0 Å². The number of carbonyl (C=O) groups excluding carboxylic acids is 1. The normalized spacial score (nSPS) is 14.1. The molecule has 0 radical (unpaired) electrons. The highest BCUT2D eigenvalue weighted by Crippen LogP contribution is 2.36. The predicted octanol–water partition coefficient (Wildman–Crippen LogP) is 5.85. The third kappa shape index (κ3) is 5.15. The summed E-state index contributed by atoms with van der Waals surface area (Å²) in [5.74, 6) is 0. The predicted molar refractivity (Wildman–Crippen MR) is 101 cm³/mol. The topological polar surface area (TPSA) is 26.3 Å². The van der Waals surface area contributed by atoms with Crippen LogP contribution in [0.2, 0.25) is 18.1 Å². The molecule has 1 aromatic rings. The van der Waals surface area contributed by atoms with Crippen molar-refractivity contribution in [2.75, 3.05) is 0 Å². The van der Waals surface area contributed by atoms with Crippen molar-refractivity contribution in [3.05, 3.63) is 47.5 Å². The second-order valence-electron chi connectivity index (χ2n) is 6.54. The summed E-state index contributed by atoms with van der Waals surface area (Å²) >= 11 is 0. The Morgan fingerprint density at radius 2 is 1.65 bits per heavy atom. The van der Waals surface area contributed by atoms with Gasteiger partial charge in [-0.3, -0.25) is 4.79 Å². The zero-order chi connectivity index (χ0) is 17.3. The standard InChI is InChI=1S/C20H32O2Si/c1-6-23(7-2,8-3)22-20(17-21,16-12-13-18(4)5)19-14-10-9-11-15-19/h9-11,13-15,17H,6-8,12,16H2,1-5H3. The second-order valence-corrected chi connectivity index (χ2v) is 11.2. The Hall–Kier alpha value is -1.19. The van der Waals surface area contributed by atoms with E-state index in [0.29, 0.717) is 6.42 Å². The zero-order valence-corrected chi connectivity index (χ0v) is 16.4. The Labute approximate surface area is 143 Å². The summed E-state index contributed by atoms with van der Waals surface area (Å²) in [7, 11) is -1.89. The lowest BCUT2D eigenvalue weighted by molar-refractivity contribution is -0.123. The van der Waals surface area contributed by atoms with Gasteiger partial charge in [-0.05, 0) is 50.4 Å². The van der Waals surface area contributed by atoms with Gasteiger partial charge in [-0.2, -0.15) is 0 Å². The van der Waals surface area contributed by atoms with Crippen molar-refractivity contribution in [2.24, 2.45) is 0 Å². The summed E-state index contributed by atoms with van der Waals surface area (Å²) in [5, 5.41) is 0. The number of carbonyl (C=O) groups is 1. The molecule has 0 spiro atoms. The van der Waals surface area contributed by atoms with Crippen LogP contribution in [0.4, 0.5) is 0 Å². The van der Waals surface area contributed by atoms with E-state index in [2.05, 4.69) is 40.7 Å². The van der Waals surface area contributed by atoms with Crippen LogP contribution in [0.5, 0.6) is 0 Å². The number of benzene rings is 1. The highest BCUT2D eigenvalue weighted by atomic mass is 28.4. The molecule has 0 fully saturated rings. The first-order chi connectivity index (χ1) is 11.0. The second kappa shape index (κ2) is 9.19. The van der Waals surface area contributed by atoms with E-state index < -0.39 is 13.9 Å². The maximum Gasteiger partial charge on any atom is 0.193 e. The molecule has 0 N–H and O–H groups in total. The number of aldehydes is 1. The molecule has 1 rings (SSSR count). The lowest BCUT2D eigenvalue weighted by atomic mass is 9.90. The van der Waals surface area contributed by atoms with E-state index in [4.69, 9.17) is 4.43 Å². The summed E-state index contributed by atoms with van der Waals surface area (Å²) in [6.07, 6.45) is 4.81. The van der Waals surface area contributed by atoms with Gasteiger partial charge < -0.3 is 4.43 Å². The minimum atomic E-state index is -1.89. The first-order valence-corrected chi connectivity index (χ1v) is 11.4. The molecule has 0 amide bonds. The molecule has 0 bridgehead atoms. The van der Waals surface area contributed by atoms with Gasteiger partial charge in [0.2, 0.25) is 0 Å². The SMILES string of the molecule is CC[Si](CC)(CC)OC(C=O)(CCC=C(C)C)c1ccccc1. The van der Waals surface area contributed by atoms with Gasteiger partial charge in [0.25, 0.3) is 0 Å². The molecular weight excluding hydrogens is 300 g/mol. The quantitative estimate of drug-likeness (QED) is 0.305. The summed E-state index contributed by atoms with van der Waals surface area (Å²) in [4.78, 5) is 12.2. The van der Waals surface area contributed by atoms with Crippen molar-refractivity contribution < 1.29 is 9.22 Å². The Kier molecular flexibility index (Phi) is 7.93. The molecule has 0 saturated heterocycles. The molecule has 0 aliphatic heterocycles. The van der Waals surface area contributed by atoms with Crippen molar-refractivity contribution in [2.45, 2.75) is 71.2 Å². The van der Waals surface area contributed by atoms with Gasteiger partial charge in [0.1, 0.15) is 5.60 Å². The van der Waals surface area contributed by atoms with Crippen molar-refractivity contribution in [1.29, 1.82) is 0 Å². The summed E-state index contributed by atoms with van der Waals surface area (Å²) in [5.41, 5.74) is 1.47. The lowest BCUT2D eigenvalue weighted by Crippen LogP contribution is -2.46. The smallest absolute Gasteiger partial charge is 0.193 e. The van der Waals surface area contributed by atoms with E-state index in [1.54, 1.807) is 0 Å². The van der Waals surface area contributed by atoms with Crippen LogP contribution in [-0.2, 0) is 14.8 Å². The average Bonchev–Trinajstić information content (AvgIpc) is 2.59. The van der Waals surface area contributed by atoms with Crippen LogP contribution in [0.15, 0.2) is 42.0 Å². The van der Waals surface area contributed by atoms with Gasteiger partial charge >= 0.3 is 0 Å². The fourth-order valence-corrected chi connectivity index (χ4v) is 6.03. The third-order valence-corrected chi connectivity index (χ3v) is 9.52. The number of hydrogen-bond donors (Lipinski definition) is 0. The van der Waals surface area contributed by atoms with Crippen LogP contribution < -0.4 is 0 Å². The van der Waals surface area contributed by atoms with E-state index in [1.807, 2.05) is 30.3 Å². The van der Waals surface area contributed by atoms with Crippen LogP contribution in [0.3, 0.4) is 0 Å². The summed E-state index contributed by atoms with van der Waals surface area (Å²) < 4.78 is 6.73. The monoisotopic (exact) mass is 332 g/mol. The molecule has 1 aromatic carbocycles. The maximum atomic E-state index is 12.2. The minimum absolute atomic E-state index is 0.709. The molecule has 128 valence electrons. The van der Waals surface area contributed by atoms with Crippen LogP contribution in [0.25, 0.3) is 0 Å². The number of rotatable bonds is 10. The number of allylic oxidation sites excluding steroid dienone is 2. The Bertz CT molecular complexity index is 493. The molecule has 23 heavy (non-hydrogen) atoms. The summed E-state index contributed by atoms with van der Waals surface area (Å²) in [6.45, 7) is 10.8. The van der Waals surface area contributed by atoms with Crippen molar-refractivity contribution in [3.63, 3.8) is 0 Å². The van der Waals surface area contributed by atoms with Crippen LogP contribution in [0.1, 0.15) is 53.0 Å². The highest BCUT2D eigenvalue weighted by Gasteiger charge is 2.41. The van der Waals surface area contributed by atoms with Crippen LogP contribution in [-0.4, -0.2) is 14.6 Å². The molecule has 2 nitrogen and oxygen atoms in total. The van der Waals surface area contributed by atoms with E-state index in [9.17, 15) is 4.79 Å². The van der Waals surface area contributed by atoms with Gasteiger partial charge in [0.15, 0.2) is 14.6 Å². The molecule has 3 heteroatoms. The molecule has 0 saturated carbocycles. The van der Waals surface area contributed by atoms with Gasteiger partial charge in [-0.15, -0.1) is 0 Å². The van der Waals surface area contributed by atoms with Crippen LogP contribution >= 0.6 is 0 Å². The van der Waals surface area contributed by atoms with Gasteiger partial charge in [-0.25, -0.2) is 0 Å². The van der Waals surface area contributed by atoms with Gasteiger partial charge in [0, 0.05) is 0 Å². The summed E-state index contributed by atoms with van der Waals surface area (Å²) in [6, 6.07) is 13.2. The first kappa shape index (κ1) is 19.9. The molecule has 0 heterocycles. The Morgan fingerprint density at radius 3 is 2.09 bits per heavy atom. The Balaban J connectivity index is 3.23. The average molecular weight is 333 g/mol. The van der Waals surface area contributed by atoms with Gasteiger partial charge in [-0.1, -0.05) is 62.8 Å². The molecule has 1 unspecified atom stereocenters. The molecule has 1 atom stereocenters. The van der Waals surface area contributed by atoms with Crippen molar-refractivity contribution in [1.82, 2.24) is 0 Å². The first-order valence-electron chi connectivity index (χ1n) is 8.83. The maximum absolute atomic E-state index is 12.2. The van der Waals surface area contributed by atoms with E-state index in [1.165, 1.54) is 5.57 Å². The van der Waals surface area contributed by atoms with E-state index in [0.717, 1.165) is 36.4 Å². The van der Waals surface area contributed by atoms with E-state index in [-0.39, 0.29) is 0 Å². The van der Waals surface area contributed by atoms with Crippen molar-refractivity contribution >= 4 is 14.6 Å². The molecule has 0 aliphatic carbocycles. The van der Waals surface area contributed by atoms with Gasteiger partial charge in [0.05, 0.1) is 0 Å². The molecule has 0 aromatic heterocycles. The number of hydrogen-bond acceptors (Lipinski definition) is 2.